The van der Waals surface area contributed by atoms with Gasteiger partial charge in [0.1, 0.15) is 5.75 Å². The van der Waals surface area contributed by atoms with E-state index in [0.717, 1.165) is 42.4 Å². The summed E-state index contributed by atoms with van der Waals surface area (Å²) in [5.41, 5.74) is 3.09. The minimum absolute atomic E-state index is 0.111. The Morgan fingerprint density at radius 2 is 1.96 bits per heavy atom. The molecule has 1 atom stereocenters. The molecular weight excluding hydrogens is 376 g/mol. The van der Waals surface area contributed by atoms with Gasteiger partial charge in [0.2, 0.25) is 15.9 Å². The molecule has 3 rings (SSSR count). The Morgan fingerprint density at radius 3 is 2.64 bits per heavy atom. The molecule has 2 aromatic rings. The van der Waals surface area contributed by atoms with E-state index in [-0.39, 0.29) is 25.0 Å². The Morgan fingerprint density at radius 1 is 1.21 bits per heavy atom. The molecule has 1 aliphatic rings. The highest BCUT2D eigenvalue weighted by molar-refractivity contribution is 7.88. The van der Waals surface area contributed by atoms with Gasteiger partial charge in [0, 0.05) is 6.54 Å². The summed E-state index contributed by atoms with van der Waals surface area (Å²) in [4.78, 5) is 12.6. The lowest BCUT2D eigenvalue weighted by molar-refractivity contribution is -0.122. The van der Waals surface area contributed by atoms with Gasteiger partial charge in [-0.1, -0.05) is 36.4 Å². The van der Waals surface area contributed by atoms with E-state index < -0.39 is 10.0 Å². The number of carbonyl (C=O) groups is 1. The van der Waals surface area contributed by atoms with Crippen LogP contribution < -0.4 is 10.1 Å². The number of fused-ring (bicyclic) bond motifs is 1. The number of hydrogen-bond donors (Lipinski definition) is 1. The normalized spacial score (nSPS) is 16.5. The zero-order chi connectivity index (χ0) is 20.1. The van der Waals surface area contributed by atoms with Crippen LogP contribution in [-0.4, -0.2) is 38.5 Å². The van der Waals surface area contributed by atoms with Crippen LogP contribution in [0.25, 0.3) is 0 Å². The van der Waals surface area contributed by atoms with Gasteiger partial charge in [0.05, 0.1) is 26.0 Å². The predicted molar refractivity (Wildman–Crippen MR) is 109 cm³/mol. The molecular formula is C21H26N2O4S. The number of nitrogens with one attached hydrogen (secondary N) is 1. The monoisotopic (exact) mass is 402 g/mol. The fraction of sp³-hybridized carbons (Fsp3) is 0.381. The molecule has 0 spiro atoms. The molecule has 2 aromatic carbocycles. The molecule has 1 aliphatic carbocycles. The van der Waals surface area contributed by atoms with E-state index >= 15 is 0 Å². The van der Waals surface area contributed by atoms with Gasteiger partial charge in [-0.15, -0.1) is 0 Å². The number of ether oxygens (including phenoxy) is 1. The first-order chi connectivity index (χ1) is 13.4. The van der Waals surface area contributed by atoms with Crippen LogP contribution in [0.5, 0.6) is 5.75 Å². The third-order valence-corrected chi connectivity index (χ3v) is 6.19. The van der Waals surface area contributed by atoms with Crippen molar-refractivity contribution in [3.8, 4) is 5.75 Å². The van der Waals surface area contributed by atoms with Crippen molar-refractivity contribution in [2.75, 3.05) is 19.9 Å². The highest BCUT2D eigenvalue weighted by Gasteiger charge is 2.25. The number of carbonyl (C=O) groups excluding carboxylic acids is 1. The third kappa shape index (κ3) is 5.11. The Labute approximate surface area is 166 Å². The zero-order valence-electron chi connectivity index (χ0n) is 16.2. The van der Waals surface area contributed by atoms with E-state index in [1.54, 1.807) is 7.11 Å². The summed E-state index contributed by atoms with van der Waals surface area (Å²) in [5.74, 6) is 0.506. The molecule has 0 aromatic heterocycles. The van der Waals surface area contributed by atoms with Crippen LogP contribution in [0, 0.1) is 0 Å². The minimum atomic E-state index is -3.51. The van der Waals surface area contributed by atoms with Crippen LogP contribution in [0.15, 0.2) is 48.5 Å². The quantitative estimate of drug-likeness (QED) is 0.773. The number of nitrogens with zero attached hydrogens (tertiary/aromatic N) is 1. The second-order valence-corrected chi connectivity index (χ2v) is 9.08. The fourth-order valence-corrected chi connectivity index (χ4v) is 4.28. The smallest absolute Gasteiger partial charge is 0.235 e. The van der Waals surface area contributed by atoms with E-state index in [0.29, 0.717) is 0 Å². The van der Waals surface area contributed by atoms with Crippen LogP contribution in [0.3, 0.4) is 0 Å². The summed E-state index contributed by atoms with van der Waals surface area (Å²) in [6, 6.07) is 15.0. The first kappa shape index (κ1) is 20.4. The second kappa shape index (κ2) is 8.75. The largest absolute Gasteiger partial charge is 0.497 e. The van der Waals surface area contributed by atoms with E-state index in [1.165, 1.54) is 9.87 Å². The molecule has 0 unspecified atom stereocenters. The van der Waals surface area contributed by atoms with Gasteiger partial charge in [-0.25, -0.2) is 8.42 Å². The van der Waals surface area contributed by atoms with Gasteiger partial charge in [-0.2, -0.15) is 4.31 Å². The predicted octanol–water partition coefficient (Wildman–Crippen LogP) is 2.65. The third-order valence-electron chi connectivity index (χ3n) is 4.99. The molecule has 0 fully saturated rings. The van der Waals surface area contributed by atoms with Crippen molar-refractivity contribution < 1.29 is 17.9 Å². The number of benzene rings is 2. The summed E-state index contributed by atoms with van der Waals surface area (Å²) < 4.78 is 30.8. The lowest BCUT2D eigenvalue weighted by Crippen LogP contribution is -2.41. The Kier molecular flexibility index (Phi) is 6.36. The Bertz CT molecular complexity index is 929. The van der Waals surface area contributed by atoms with E-state index in [2.05, 4.69) is 5.32 Å². The van der Waals surface area contributed by atoms with Crippen LogP contribution in [0.4, 0.5) is 0 Å². The topological polar surface area (TPSA) is 75.7 Å². The number of rotatable bonds is 7. The lowest BCUT2D eigenvalue weighted by Gasteiger charge is -2.28. The number of methoxy groups -OCH3 is 1. The zero-order valence-corrected chi connectivity index (χ0v) is 17.0. The minimum Gasteiger partial charge on any atom is -0.497 e. The molecule has 0 saturated heterocycles. The Balaban J connectivity index is 1.70. The maximum Gasteiger partial charge on any atom is 0.235 e. The van der Waals surface area contributed by atoms with Gasteiger partial charge < -0.3 is 10.1 Å². The van der Waals surface area contributed by atoms with Crippen LogP contribution >= 0.6 is 0 Å². The van der Waals surface area contributed by atoms with Crippen LogP contribution in [0.2, 0.25) is 0 Å². The highest BCUT2D eigenvalue weighted by Crippen LogP contribution is 2.32. The molecule has 28 heavy (non-hydrogen) atoms. The molecule has 7 heteroatoms. The number of sulfonamides is 1. The molecule has 0 aliphatic heterocycles. The lowest BCUT2D eigenvalue weighted by atomic mass is 9.87. The molecule has 0 saturated carbocycles. The maximum absolute atomic E-state index is 12.6. The summed E-state index contributed by atoms with van der Waals surface area (Å²) in [6.45, 7) is -0.0265. The first-order valence-electron chi connectivity index (χ1n) is 9.32. The second-order valence-electron chi connectivity index (χ2n) is 7.09. The number of aryl methyl sites for hydroxylation is 1. The molecule has 0 radical (unpaired) electrons. The summed E-state index contributed by atoms with van der Waals surface area (Å²) in [6.07, 6.45) is 3.88. The van der Waals surface area contributed by atoms with Gasteiger partial charge in [0.25, 0.3) is 0 Å². The van der Waals surface area contributed by atoms with Crippen molar-refractivity contribution in [2.24, 2.45) is 0 Å². The maximum atomic E-state index is 12.6. The van der Waals surface area contributed by atoms with Gasteiger partial charge >= 0.3 is 0 Å². The fourth-order valence-electron chi connectivity index (χ4n) is 3.55. The van der Waals surface area contributed by atoms with Crippen LogP contribution in [-0.2, 0) is 27.8 Å². The Hall–Kier alpha value is -2.38. The number of hydrogen-bond acceptors (Lipinski definition) is 4. The molecule has 0 bridgehead atoms. The van der Waals surface area contributed by atoms with Crippen molar-refractivity contribution in [1.82, 2.24) is 9.62 Å². The standard InChI is InChI=1S/C21H26N2O4S/c1-27-18-11-12-19-17(13-18)9-6-10-20(19)22-21(24)15-23(28(2,25)26)14-16-7-4-3-5-8-16/h3-5,7-8,11-13,20H,6,9-10,14-15H2,1-2H3,(H,22,24)/t20-/m1/s1. The van der Waals surface area contributed by atoms with Crippen LogP contribution in [0.1, 0.15) is 35.6 Å². The average molecular weight is 403 g/mol. The van der Waals surface area contributed by atoms with Crippen molar-refractivity contribution in [3.05, 3.63) is 65.2 Å². The van der Waals surface area contributed by atoms with Crippen molar-refractivity contribution in [3.63, 3.8) is 0 Å². The van der Waals surface area contributed by atoms with Gasteiger partial charge in [0.15, 0.2) is 0 Å². The van der Waals surface area contributed by atoms with Gasteiger partial charge in [-0.3, -0.25) is 4.79 Å². The molecule has 0 heterocycles. The van der Waals surface area contributed by atoms with E-state index in [4.69, 9.17) is 4.74 Å². The summed E-state index contributed by atoms with van der Waals surface area (Å²) >= 11 is 0. The van der Waals surface area contributed by atoms with Crippen molar-refractivity contribution in [1.29, 1.82) is 0 Å². The first-order valence-corrected chi connectivity index (χ1v) is 11.2. The summed E-state index contributed by atoms with van der Waals surface area (Å²) in [7, 11) is -1.88. The van der Waals surface area contributed by atoms with Gasteiger partial charge in [-0.05, 0) is 48.1 Å². The molecule has 1 N–H and O–H groups in total. The van der Waals surface area contributed by atoms with E-state index in [9.17, 15) is 13.2 Å². The SMILES string of the molecule is COc1ccc2c(c1)CCC[C@H]2NC(=O)CN(Cc1ccccc1)S(C)(=O)=O. The number of amides is 1. The average Bonchev–Trinajstić information content (AvgIpc) is 2.67. The van der Waals surface area contributed by atoms with Crippen molar-refractivity contribution >= 4 is 15.9 Å². The van der Waals surface area contributed by atoms with Crippen molar-refractivity contribution in [2.45, 2.75) is 31.8 Å². The summed E-state index contributed by atoms with van der Waals surface area (Å²) in [5, 5.41) is 3.02. The van der Waals surface area contributed by atoms with E-state index in [1.807, 2.05) is 48.5 Å². The molecule has 1 amide bonds. The molecule has 150 valence electrons. The highest BCUT2D eigenvalue weighted by atomic mass is 32.2. The molecule has 6 nitrogen and oxygen atoms in total.